The molecule has 0 spiro atoms. The number of aromatic amines is 1. The molecular weight excluding hydrogens is 161 g/mol. The first-order valence-corrected chi connectivity index (χ1v) is 4.39. The van der Waals surface area contributed by atoms with Crippen LogP contribution in [0, 0.1) is 0 Å². The van der Waals surface area contributed by atoms with Gasteiger partial charge in [0, 0.05) is 20.7 Å². The van der Waals surface area contributed by atoms with Crippen molar-refractivity contribution in [1.82, 2.24) is 4.98 Å². The van der Waals surface area contributed by atoms with Gasteiger partial charge >= 0.3 is 0 Å². The molecule has 0 bridgehead atoms. The summed E-state index contributed by atoms with van der Waals surface area (Å²) in [6, 6.07) is 3.40. The number of hydrogen-bond donors (Lipinski definition) is 1. The summed E-state index contributed by atoms with van der Waals surface area (Å²) in [7, 11) is 0. The second-order valence-corrected chi connectivity index (χ2v) is 2.64. The van der Waals surface area contributed by atoms with Crippen molar-refractivity contribution in [2.45, 2.75) is 33.6 Å². The van der Waals surface area contributed by atoms with Crippen molar-refractivity contribution in [2.24, 2.45) is 0 Å². The van der Waals surface area contributed by atoms with E-state index in [0.29, 0.717) is 5.92 Å². The summed E-state index contributed by atoms with van der Waals surface area (Å²) in [5.41, 5.74) is 1.13. The first-order chi connectivity index (χ1) is 5.70. The van der Waals surface area contributed by atoms with Gasteiger partial charge in [-0.25, -0.2) is 0 Å². The fraction of sp³-hybridized carbons (Fsp3) is 0.500. The molecule has 1 rings (SSSR count). The van der Waals surface area contributed by atoms with Crippen molar-refractivity contribution in [3.8, 4) is 0 Å². The van der Waals surface area contributed by atoms with Gasteiger partial charge in [0.2, 0.25) is 5.56 Å². The lowest BCUT2D eigenvalue weighted by molar-refractivity contribution is 0.855. The Balaban J connectivity index is 0. The summed E-state index contributed by atoms with van der Waals surface area (Å²) in [5, 5.41) is 0. The van der Waals surface area contributed by atoms with E-state index in [0.717, 1.165) is 0 Å². The average Bonchev–Trinajstić information content (AvgIpc) is 2.09. The van der Waals surface area contributed by atoms with Crippen molar-refractivity contribution in [1.29, 1.82) is 0 Å². The number of nitrogens with one attached hydrogen (secondary N) is 1. The Labute approximate surface area is 82.0 Å². The average molecular weight is 178 g/mol. The molecule has 1 N–H and O–H groups in total. The zero-order valence-electron chi connectivity index (χ0n) is 8.79. The van der Waals surface area contributed by atoms with E-state index in [4.69, 9.17) is 0 Å². The molecule has 1 aromatic rings. The van der Waals surface area contributed by atoms with E-state index in [-0.39, 0.29) is 14.0 Å². The number of hydrogen-bond acceptors (Lipinski definition) is 1. The summed E-state index contributed by atoms with van der Waals surface area (Å²) in [6.45, 7) is 8.18. The molecule has 0 atom stereocenters. The molecule has 3 heteroatoms. The maximum absolute atomic E-state index is 10.6. The lowest BCUT2D eigenvalue weighted by Gasteiger charge is -2.01. The summed E-state index contributed by atoms with van der Waals surface area (Å²) < 4.78 is 0. The van der Waals surface area contributed by atoms with Crippen LogP contribution in [-0.2, 0) is 0 Å². The Kier molecular flexibility index (Phi) is 8.56. The highest BCUT2D eigenvalue weighted by molar-refractivity contribution is 5.75. The van der Waals surface area contributed by atoms with E-state index in [1.807, 2.05) is 19.9 Å². The van der Waals surface area contributed by atoms with E-state index >= 15 is 0 Å². The molecule has 0 aliphatic heterocycles. The van der Waals surface area contributed by atoms with E-state index in [9.17, 15) is 4.79 Å². The predicted molar refractivity (Wildman–Crippen MR) is 58.3 cm³/mol. The molecule has 13 heavy (non-hydrogen) atoms. The highest BCUT2D eigenvalue weighted by atomic mass is 16.1. The molecule has 0 fully saturated rings. The largest absolute Gasteiger partial charge is 0.329 e. The molecule has 0 unspecified atom stereocenters. The normalized spacial score (nSPS) is 8.38. The minimum Gasteiger partial charge on any atom is -0.329 e. The number of H-pyrrole nitrogens is 1. The van der Waals surface area contributed by atoms with Gasteiger partial charge < -0.3 is 4.98 Å². The van der Waals surface area contributed by atoms with E-state index in [1.54, 1.807) is 12.3 Å². The Morgan fingerprint density at radius 1 is 1.23 bits per heavy atom. The highest BCUT2D eigenvalue weighted by Crippen LogP contribution is 2.09. The lowest BCUT2D eigenvalue weighted by atomic mass is 10.1. The molecule has 0 aromatic carbocycles. The first-order valence-electron chi connectivity index (χ1n) is 4.39. The Hall–Kier alpha value is -0.985. The molecule has 71 valence electrons. The Bertz CT molecular complexity index is 247. The standard InChI is InChI=1S/C8H11NO.C2H6.B/c1-6(2)7-3-4-8(10)9-5-7;1-2;/h3-6H,1-2H3,(H,9,10);1-2H3;. The van der Waals surface area contributed by atoms with Crippen molar-refractivity contribution in [3.05, 3.63) is 34.2 Å². The van der Waals surface area contributed by atoms with Gasteiger partial charge in [-0.15, -0.1) is 0 Å². The van der Waals surface area contributed by atoms with Gasteiger partial charge in [-0.05, 0) is 11.5 Å². The fourth-order valence-corrected chi connectivity index (χ4v) is 0.782. The monoisotopic (exact) mass is 178 g/mol. The minimum absolute atomic E-state index is 0. The Morgan fingerprint density at radius 2 is 1.77 bits per heavy atom. The van der Waals surface area contributed by atoms with Crippen LogP contribution in [0.3, 0.4) is 0 Å². The van der Waals surface area contributed by atoms with Gasteiger partial charge in [0.1, 0.15) is 0 Å². The quantitative estimate of drug-likeness (QED) is 0.656. The van der Waals surface area contributed by atoms with Crippen LogP contribution in [0.4, 0.5) is 0 Å². The number of pyridine rings is 1. The maximum atomic E-state index is 10.6. The Morgan fingerprint density at radius 3 is 2.08 bits per heavy atom. The van der Waals surface area contributed by atoms with Crippen LogP contribution >= 0.6 is 0 Å². The third kappa shape index (κ3) is 5.28. The zero-order chi connectivity index (χ0) is 9.56. The van der Waals surface area contributed by atoms with Crippen molar-refractivity contribution in [2.75, 3.05) is 0 Å². The smallest absolute Gasteiger partial charge is 0.247 e. The van der Waals surface area contributed by atoms with E-state index < -0.39 is 0 Å². The van der Waals surface area contributed by atoms with Crippen LogP contribution in [0.2, 0.25) is 0 Å². The molecule has 2 nitrogen and oxygen atoms in total. The summed E-state index contributed by atoms with van der Waals surface area (Å²) >= 11 is 0. The molecule has 1 heterocycles. The second kappa shape index (κ2) is 7.65. The molecule has 1 aromatic heterocycles. The fourth-order valence-electron chi connectivity index (χ4n) is 0.782. The zero-order valence-corrected chi connectivity index (χ0v) is 8.79. The molecule has 0 aliphatic rings. The number of aromatic nitrogens is 1. The molecule has 0 saturated heterocycles. The van der Waals surface area contributed by atoms with Crippen LogP contribution in [0.5, 0.6) is 0 Å². The predicted octanol–water partition coefficient (Wildman–Crippen LogP) is 2.14. The molecule has 3 radical (unpaired) electrons. The molecule has 0 saturated carbocycles. The van der Waals surface area contributed by atoms with Crippen molar-refractivity contribution in [3.63, 3.8) is 0 Å². The number of rotatable bonds is 1. The van der Waals surface area contributed by atoms with Crippen LogP contribution in [-0.4, -0.2) is 13.4 Å². The lowest BCUT2D eigenvalue weighted by Crippen LogP contribution is -2.03. The first kappa shape index (κ1) is 14.5. The van der Waals surface area contributed by atoms with Gasteiger partial charge in [0.25, 0.3) is 0 Å². The highest BCUT2D eigenvalue weighted by Gasteiger charge is 1.95. The van der Waals surface area contributed by atoms with Crippen LogP contribution < -0.4 is 5.56 Å². The van der Waals surface area contributed by atoms with Crippen molar-refractivity contribution >= 4 is 8.41 Å². The van der Waals surface area contributed by atoms with Gasteiger partial charge in [-0.3, -0.25) is 4.79 Å². The van der Waals surface area contributed by atoms with Crippen LogP contribution in [0.15, 0.2) is 23.1 Å². The van der Waals surface area contributed by atoms with Gasteiger partial charge in [0.05, 0.1) is 0 Å². The second-order valence-electron chi connectivity index (χ2n) is 2.64. The summed E-state index contributed by atoms with van der Waals surface area (Å²) in [6.07, 6.45) is 1.76. The van der Waals surface area contributed by atoms with E-state index in [1.165, 1.54) is 5.56 Å². The van der Waals surface area contributed by atoms with Gasteiger partial charge in [-0.1, -0.05) is 33.8 Å². The van der Waals surface area contributed by atoms with Crippen LogP contribution in [0.1, 0.15) is 39.2 Å². The van der Waals surface area contributed by atoms with Crippen molar-refractivity contribution < 1.29 is 0 Å². The molecule has 0 amide bonds. The van der Waals surface area contributed by atoms with E-state index in [2.05, 4.69) is 18.8 Å². The SMILES string of the molecule is CC.CC(C)c1ccc(=O)[nH]c1.[B]. The summed E-state index contributed by atoms with van der Waals surface area (Å²) in [4.78, 5) is 13.2. The van der Waals surface area contributed by atoms with Gasteiger partial charge in [-0.2, -0.15) is 0 Å². The summed E-state index contributed by atoms with van der Waals surface area (Å²) in [5.74, 6) is 0.483. The van der Waals surface area contributed by atoms with Crippen LogP contribution in [0.25, 0.3) is 0 Å². The third-order valence-electron chi connectivity index (χ3n) is 1.47. The molecular formula is C10H17BNO. The topological polar surface area (TPSA) is 32.9 Å². The maximum Gasteiger partial charge on any atom is 0.247 e. The van der Waals surface area contributed by atoms with Gasteiger partial charge in [0.15, 0.2) is 0 Å². The molecule has 0 aliphatic carbocycles. The third-order valence-corrected chi connectivity index (χ3v) is 1.47. The minimum atomic E-state index is -0.0376.